The molecule has 0 saturated heterocycles. The maximum absolute atomic E-state index is 13.5. The zero-order valence-electron chi connectivity index (χ0n) is 25.0. The third kappa shape index (κ3) is 9.22. The molecule has 0 fully saturated rings. The van der Waals surface area contributed by atoms with E-state index in [1.807, 2.05) is 63.2 Å². The first-order valence-corrected chi connectivity index (χ1v) is 14.1. The summed E-state index contributed by atoms with van der Waals surface area (Å²) in [6.45, 7) is 7.50. The van der Waals surface area contributed by atoms with Gasteiger partial charge in [0.05, 0.1) is 25.8 Å². The first kappa shape index (κ1) is 32.4. The van der Waals surface area contributed by atoms with Gasteiger partial charge in [-0.05, 0) is 49.1 Å². The third-order valence-corrected chi connectivity index (χ3v) is 7.03. The molecule has 0 saturated carbocycles. The Hall–Kier alpha value is -4.09. The van der Waals surface area contributed by atoms with Crippen LogP contribution in [-0.4, -0.2) is 83.3 Å². The molecule has 42 heavy (non-hydrogen) atoms. The van der Waals surface area contributed by atoms with E-state index in [2.05, 4.69) is 20.9 Å². The zero-order valence-corrected chi connectivity index (χ0v) is 25.0. The first-order chi connectivity index (χ1) is 20.0. The van der Waals surface area contributed by atoms with Crippen LogP contribution >= 0.6 is 0 Å². The van der Waals surface area contributed by atoms with Crippen molar-refractivity contribution in [1.29, 1.82) is 0 Å². The van der Waals surface area contributed by atoms with E-state index in [0.717, 1.165) is 11.1 Å². The lowest BCUT2D eigenvalue weighted by Gasteiger charge is -2.36. The van der Waals surface area contributed by atoms with E-state index in [1.54, 1.807) is 43.7 Å². The molecule has 0 bridgehead atoms. The van der Waals surface area contributed by atoms with Crippen LogP contribution in [0.4, 0.5) is 0 Å². The molecule has 4 amide bonds. The monoisotopic (exact) mass is 578 g/mol. The number of ether oxygens (including phenoxy) is 1. The number of nitrogens with zero attached hydrogens (tertiary/aromatic N) is 3. The standard InChI is InChI=1S/C31H42N6O5/c1-22(32-5)28(39)35-27(31(2,3)4)29(40)34-19-26(38)37-18-17-36(16-13-23-11-14-33-15-12-23)30(41)25(37)21-42-20-24-9-7-6-8-10-24/h6-12,14-15,17-18,22,25,27,32H,13,16,19-21H2,1-5H3,(H,34,40)(H,35,39)/t22-,25-,27+/m0/s1. The molecule has 2 aromatic rings. The topological polar surface area (TPSA) is 133 Å². The number of pyridine rings is 1. The van der Waals surface area contributed by atoms with Crippen LogP contribution in [0.25, 0.3) is 0 Å². The Morgan fingerprint density at radius 2 is 1.69 bits per heavy atom. The molecule has 0 spiro atoms. The molecule has 3 rings (SSSR count). The number of nitrogens with one attached hydrogen (secondary N) is 3. The summed E-state index contributed by atoms with van der Waals surface area (Å²) in [7, 11) is 1.66. The summed E-state index contributed by atoms with van der Waals surface area (Å²) in [5.41, 5.74) is 1.37. The Bertz CT molecular complexity index is 1230. The molecule has 3 atom stereocenters. The van der Waals surface area contributed by atoms with Gasteiger partial charge in [-0.2, -0.15) is 0 Å². The highest BCUT2D eigenvalue weighted by atomic mass is 16.5. The second-order valence-electron chi connectivity index (χ2n) is 11.3. The predicted octanol–water partition coefficient (Wildman–Crippen LogP) is 1.61. The van der Waals surface area contributed by atoms with Crippen LogP contribution < -0.4 is 16.0 Å². The summed E-state index contributed by atoms with van der Waals surface area (Å²) in [4.78, 5) is 59.4. The van der Waals surface area contributed by atoms with Crippen LogP contribution in [0.2, 0.25) is 0 Å². The number of benzene rings is 1. The Morgan fingerprint density at radius 1 is 1.00 bits per heavy atom. The number of carbonyl (C=O) groups is 4. The highest BCUT2D eigenvalue weighted by Gasteiger charge is 2.37. The van der Waals surface area contributed by atoms with Gasteiger partial charge < -0.3 is 30.5 Å². The minimum absolute atomic E-state index is 0.0217. The summed E-state index contributed by atoms with van der Waals surface area (Å²) in [5, 5.41) is 8.27. The molecule has 1 aromatic heterocycles. The lowest BCUT2D eigenvalue weighted by molar-refractivity contribution is -0.146. The molecular formula is C31H42N6O5. The number of likely N-dealkylation sites (N-methyl/N-ethyl adjacent to an activating group) is 1. The minimum Gasteiger partial charge on any atom is -0.374 e. The average molecular weight is 579 g/mol. The number of hydrogen-bond acceptors (Lipinski definition) is 7. The van der Waals surface area contributed by atoms with E-state index >= 15 is 0 Å². The van der Waals surface area contributed by atoms with Crippen molar-refractivity contribution < 1.29 is 23.9 Å². The molecule has 1 aliphatic heterocycles. The van der Waals surface area contributed by atoms with Crippen molar-refractivity contribution in [3.05, 3.63) is 78.4 Å². The van der Waals surface area contributed by atoms with Crippen LogP contribution in [0.1, 0.15) is 38.8 Å². The molecule has 2 heterocycles. The van der Waals surface area contributed by atoms with E-state index in [9.17, 15) is 19.2 Å². The Balaban J connectivity index is 1.70. The molecule has 3 N–H and O–H groups in total. The molecular weight excluding hydrogens is 536 g/mol. The van der Waals surface area contributed by atoms with E-state index in [4.69, 9.17) is 4.74 Å². The second kappa shape index (κ2) is 15.2. The summed E-state index contributed by atoms with van der Waals surface area (Å²) < 4.78 is 5.88. The molecule has 1 aromatic carbocycles. The first-order valence-electron chi connectivity index (χ1n) is 14.1. The van der Waals surface area contributed by atoms with Gasteiger partial charge in [-0.3, -0.25) is 24.2 Å². The van der Waals surface area contributed by atoms with Gasteiger partial charge in [-0.15, -0.1) is 0 Å². The molecule has 0 aliphatic carbocycles. The quantitative estimate of drug-likeness (QED) is 0.329. The lowest BCUT2D eigenvalue weighted by atomic mass is 9.86. The van der Waals surface area contributed by atoms with Crippen molar-refractivity contribution >= 4 is 23.6 Å². The largest absolute Gasteiger partial charge is 0.374 e. The highest BCUT2D eigenvalue weighted by molar-refractivity contribution is 5.94. The van der Waals surface area contributed by atoms with Gasteiger partial charge >= 0.3 is 0 Å². The van der Waals surface area contributed by atoms with Gasteiger partial charge in [0.2, 0.25) is 17.7 Å². The maximum Gasteiger partial charge on any atom is 0.252 e. The zero-order chi connectivity index (χ0) is 30.7. The van der Waals surface area contributed by atoms with Gasteiger partial charge in [0.15, 0.2) is 0 Å². The van der Waals surface area contributed by atoms with Crippen LogP contribution in [0.5, 0.6) is 0 Å². The smallest absolute Gasteiger partial charge is 0.252 e. The normalized spacial score (nSPS) is 16.6. The molecule has 0 unspecified atom stereocenters. The van der Waals surface area contributed by atoms with Crippen LogP contribution in [0, 0.1) is 5.41 Å². The van der Waals surface area contributed by atoms with Crippen molar-refractivity contribution in [2.24, 2.45) is 5.41 Å². The molecule has 226 valence electrons. The number of carbonyl (C=O) groups excluding carboxylic acids is 4. The second-order valence-corrected chi connectivity index (χ2v) is 11.3. The van der Waals surface area contributed by atoms with Gasteiger partial charge in [-0.1, -0.05) is 51.1 Å². The number of rotatable bonds is 13. The van der Waals surface area contributed by atoms with Crippen LogP contribution in [0.15, 0.2) is 67.3 Å². The van der Waals surface area contributed by atoms with Crippen molar-refractivity contribution in [3.63, 3.8) is 0 Å². The summed E-state index contributed by atoms with van der Waals surface area (Å²) in [6, 6.07) is 11.1. The summed E-state index contributed by atoms with van der Waals surface area (Å²) in [5.74, 6) is -1.57. The van der Waals surface area contributed by atoms with Crippen molar-refractivity contribution in [2.45, 2.75) is 58.8 Å². The fraction of sp³-hybridized carbons (Fsp3) is 0.452. The molecule has 0 radical (unpaired) electrons. The minimum atomic E-state index is -0.907. The fourth-order valence-corrected chi connectivity index (χ4v) is 4.32. The maximum atomic E-state index is 13.5. The fourth-order valence-electron chi connectivity index (χ4n) is 4.32. The summed E-state index contributed by atoms with van der Waals surface area (Å²) in [6.07, 6.45) is 7.15. The number of amides is 4. The van der Waals surface area contributed by atoms with E-state index in [0.29, 0.717) is 13.0 Å². The predicted molar refractivity (Wildman–Crippen MR) is 158 cm³/mol. The molecule has 11 nitrogen and oxygen atoms in total. The Labute approximate surface area is 247 Å². The van der Waals surface area contributed by atoms with Gasteiger partial charge in [0.25, 0.3) is 5.91 Å². The van der Waals surface area contributed by atoms with Crippen molar-refractivity contribution in [3.8, 4) is 0 Å². The highest BCUT2D eigenvalue weighted by Crippen LogP contribution is 2.20. The van der Waals surface area contributed by atoms with Gasteiger partial charge in [0, 0.05) is 31.3 Å². The van der Waals surface area contributed by atoms with Crippen molar-refractivity contribution in [2.75, 3.05) is 26.7 Å². The van der Waals surface area contributed by atoms with Gasteiger partial charge in [-0.25, -0.2) is 0 Å². The van der Waals surface area contributed by atoms with Gasteiger partial charge in [0.1, 0.15) is 12.1 Å². The summed E-state index contributed by atoms with van der Waals surface area (Å²) >= 11 is 0. The molecule has 1 aliphatic rings. The molecule has 11 heteroatoms. The number of aromatic nitrogens is 1. The average Bonchev–Trinajstić information content (AvgIpc) is 2.98. The van der Waals surface area contributed by atoms with Crippen molar-refractivity contribution in [1.82, 2.24) is 30.7 Å². The SMILES string of the molecule is CN[C@@H](C)C(=O)N[C@H](C(=O)NCC(=O)N1C=CN(CCc2ccncc2)C(=O)[C@@H]1COCc1ccccc1)C(C)(C)C. The lowest BCUT2D eigenvalue weighted by Crippen LogP contribution is -2.58. The van der Waals surface area contributed by atoms with Crippen LogP contribution in [-0.2, 0) is 36.9 Å². The Morgan fingerprint density at radius 3 is 2.33 bits per heavy atom. The van der Waals surface area contributed by atoms with E-state index in [-0.39, 0.29) is 31.6 Å². The number of hydrogen-bond donors (Lipinski definition) is 3. The van der Waals surface area contributed by atoms with E-state index < -0.39 is 35.4 Å². The Kier molecular flexibility index (Phi) is 11.8. The third-order valence-electron chi connectivity index (χ3n) is 7.03. The van der Waals surface area contributed by atoms with Crippen LogP contribution in [0.3, 0.4) is 0 Å². The van der Waals surface area contributed by atoms with E-state index in [1.165, 1.54) is 4.90 Å².